The third-order valence-corrected chi connectivity index (χ3v) is 5.18. The molecular formula is C26H20N4O2. The van der Waals surface area contributed by atoms with Gasteiger partial charge in [-0.25, -0.2) is 0 Å². The summed E-state index contributed by atoms with van der Waals surface area (Å²) >= 11 is 0. The van der Waals surface area contributed by atoms with Gasteiger partial charge >= 0.3 is 0 Å². The Morgan fingerprint density at radius 3 is 2.53 bits per heavy atom. The van der Waals surface area contributed by atoms with E-state index in [1.54, 1.807) is 36.8 Å². The highest BCUT2D eigenvalue weighted by molar-refractivity contribution is 6.06. The van der Waals surface area contributed by atoms with E-state index in [2.05, 4.69) is 26.6 Å². The number of benzene rings is 3. The van der Waals surface area contributed by atoms with Gasteiger partial charge in [0, 0.05) is 23.5 Å². The molecule has 0 bridgehead atoms. The summed E-state index contributed by atoms with van der Waals surface area (Å²) in [5, 5.41) is 11.0. The van der Waals surface area contributed by atoms with Gasteiger partial charge in [0.2, 0.25) is 0 Å². The van der Waals surface area contributed by atoms with Crippen LogP contribution in [0.4, 0.5) is 5.69 Å². The maximum Gasteiger partial charge on any atom is 0.259 e. The van der Waals surface area contributed by atoms with Gasteiger partial charge in [-0.3, -0.25) is 14.9 Å². The van der Waals surface area contributed by atoms with Crippen molar-refractivity contribution in [1.82, 2.24) is 15.2 Å². The number of aromatic amines is 1. The van der Waals surface area contributed by atoms with Crippen LogP contribution in [-0.2, 0) is 6.61 Å². The van der Waals surface area contributed by atoms with Crippen molar-refractivity contribution in [3.63, 3.8) is 0 Å². The summed E-state index contributed by atoms with van der Waals surface area (Å²) in [6.07, 6.45) is 5.07. The van der Waals surface area contributed by atoms with E-state index in [9.17, 15) is 4.79 Å². The molecule has 2 N–H and O–H groups in total. The lowest BCUT2D eigenvalue weighted by Crippen LogP contribution is -2.14. The highest BCUT2D eigenvalue weighted by Gasteiger charge is 2.15. The molecule has 0 saturated carbocycles. The summed E-state index contributed by atoms with van der Waals surface area (Å²) in [7, 11) is 0. The fourth-order valence-electron chi connectivity index (χ4n) is 3.50. The second-order valence-electron chi connectivity index (χ2n) is 7.35. The molecule has 0 unspecified atom stereocenters. The molecule has 6 nitrogen and oxygen atoms in total. The Balaban J connectivity index is 1.49. The van der Waals surface area contributed by atoms with E-state index in [1.807, 2.05) is 54.6 Å². The molecule has 0 aliphatic rings. The van der Waals surface area contributed by atoms with Crippen LogP contribution in [0.2, 0.25) is 0 Å². The summed E-state index contributed by atoms with van der Waals surface area (Å²) in [6, 6.07) is 25.1. The van der Waals surface area contributed by atoms with Gasteiger partial charge in [0.15, 0.2) is 0 Å². The molecule has 0 aliphatic carbocycles. The van der Waals surface area contributed by atoms with E-state index in [4.69, 9.17) is 4.74 Å². The van der Waals surface area contributed by atoms with Crippen molar-refractivity contribution in [2.45, 2.75) is 6.61 Å². The predicted octanol–water partition coefficient (Wildman–Crippen LogP) is 5.46. The molecule has 156 valence electrons. The molecular weight excluding hydrogens is 400 g/mol. The monoisotopic (exact) mass is 420 g/mol. The van der Waals surface area contributed by atoms with E-state index in [0.717, 1.165) is 27.6 Å². The Bertz CT molecular complexity index is 1360. The van der Waals surface area contributed by atoms with E-state index in [1.165, 1.54) is 0 Å². The summed E-state index contributed by atoms with van der Waals surface area (Å²) in [4.78, 5) is 17.0. The number of H-pyrrole nitrogens is 1. The van der Waals surface area contributed by atoms with Gasteiger partial charge in [0.05, 0.1) is 17.3 Å². The van der Waals surface area contributed by atoms with E-state index >= 15 is 0 Å². The number of rotatable bonds is 6. The molecule has 0 radical (unpaired) electrons. The number of amides is 1. The Morgan fingerprint density at radius 2 is 1.69 bits per heavy atom. The number of carbonyl (C=O) groups excluding carboxylic acids is 1. The summed E-state index contributed by atoms with van der Waals surface area (Å²) < 4.78 is 6.12. The van der Waals surface area contributed by atoms with Crippen molar-refractivity contribution >= 4 is 22.5 Å². The molecule has 2 heterocycles. The van der Waals surface area contributed by atoms with Gasteiger partial charge in [0.25, 0.3) is 5.91 Å². The first kappa shape index (κ1) is 19.5. The van der Waals surface area contributed by atoms with Crippen molar-refractivity contribution in [2.24, 2.45) is 0 Å². The number of fused-ring (bicyclic) bond motifs is 1. The highest BCUT2D eigenvalue weighted by Crippen LogP contribution is 2.30. The van der Waals surface area contributed by atoms with E-state index in [0.29, 0.717) is 23.6 Å². The fraction of sp³-hybridized carbons (Fsp3) is 0.0385. The Kier molecular flexibility index (Phi) is 5.32. The lowest BCUT2D eigenvalue weighted by atomic mass is 10.0. The molecule has 5 aromatic rings. The molecule has 1 amide bonds. The summed E-state index contributed by atoms with van der Waals surface area (Å²) in [5.41, 5.74) is 5.11. The third-order valence-electron chi connectivity index (χ3n) is 5.18. The van der Waals surface area contributed by atoms with Crippen LogP contribution in [-0.4, -0.2) is 21.1 Å². The first-order valence-electron chi connectivity index (χ1n) is 10.2. The zero-order valence-electron chi connectivity index (χ0n) is 17.2. The second kappa shape index (κ2) is 8.73. The number of nitrogens with one attached hydrogen (secondary N) is 2. The van der Waals surface area contributed by atoms with Gasteiger partial charge < -0.3 is 10.1 Å². The minimum Gasteiger partial charge on any atom is -0.488 e. The summed E-state index contributed by atoms with van der Waals surface area (Å²) in [5.74, 6) is 0.279. The van der Waals surface area contributed by atoms with Crippen LogP contribution in [0.25, 0.3) is 22.0 Å². The molecule has 32 heavy (non-hydrogen) atoms. The second-order valence-corrected chi connectivity index (χ2v) is 7.35. The molecule has 6 heteroatoms. The zero-order valence-corrected chi connectivity index (χ0v) is 17.2. The smallest absolute Gasteiger partial charge is 0.259 e. The van der Waals surface area contributed by atoms with Crippen molar-refractivity contribution < 1.29 is 9.53 Å². The average molecular weight is 420 g/mol. The van der Waals surface area contributed by atoms with Crippen LogP contribution in [0.1, 0.15) is 15.9 Å². The van der Waals surface area contributed by atoms with Crippen molar-refractivity contribution in [3.8, 4) is 16.9 Å². The lowest BCUT2D eigenvalue weighted by molar-refractivity contribution is 0.102. The molecule has 2 aromatic heterocycles. The van der Waals surface area contributed by atoms with Gasteiger partial charge in [-0.15, -0.1) is 0 Å². The molecule has 0 saturated heterocycles. The molecule has 0 spiro atoms. The van der Waals surface area contributed by atoms with Crippen LogP contribution in [0.3, 0.4) is 0 Å². The van der Waals surface area contributed by atoms with Crippen LogP contribution in [0.5, 0.6) is 5.75 Å². The number of anilines is 1. The quantitative estimate of drug-likeness (QED) is 0.382. The topological polar surface area (TPSA) is 79.9 Å². The minimum absolute atomic E-state index is 0.240. The maximum atomic E-state index is 13.0. The molecule has 5 rings (SSSR count). The van der Waals surface area contributed by atoms with Crippen LogP contribution in [0.15, 0.2) is 97.5 Å². The number of aromatic nitrogens is 3. The standard InChI is InChI=1S/C26H20N4O2/c31-26(29-22-10-12-27-13-11-22)23-8-6-20(19-7-9-24-21(14-19)16-28-30-24)15-25(23)32-17-18-4-2-1-3-5-18/h1-16H,17H2,(H,28,30)(H,27,29,31). The van der Waals surface area contributed by atoms with Crippen molar-refractivity contribution in [3.05, 3.63) is 109 Å². The van der Waals surface area contributed by atoms with Gasteiger partial charge in [-0.05, 0) is 53.1 Å². The largest absolute Gasteiger partial charge is 0.488 e. The number of pyridine rings is 1. The normalized spacial score (nSPS) is 10.8. The third kappa shape index (κ3) is 4.20. The summed E-state index contributed by atoms with van der Waals surface area (Å²) in [6.45, 7) is 0.362. The molecule has 3 aromatic carbocycles. The van der Waals surface area contributed by atoms with Gasteiger partial charge in [0.1, 0.15) is 12.4 Å². The number of hydrogen-bond donors (Lipinski definition) is 2. The Hall–Kier alpha value is -4.45. The van der Waals surface area contributed by atoms with Crippen molar-refractivity contribution in [2.75, 3.05) is 5.32 Å². The van der Waals surface area contributed by atoms with Crippen molar-refractivity contribution in [1.29, 1.82) is 0 Å². The maximum absolute atomic E-state index is 13.0. The number of nitrogens with zero attached hydrogens (tertiary/aromatic N) is 2. The predicted molar refractivity (Wildman–Crippen MR) is 124 cm³/mol. The van der Waals surface area contributed by atoms with Crippen LogP contribution in [0, 0.1) is 0 Å². The van der Waals surface area contributed by atoms with Crippen LogP contribution < -0.4 is 10.1 Å². The SMILES string of the molecule is O=C(Nc1ccncc1)c1ccc(-c2ccc3[nH]ncc3c2)cc1OCc1ccccc1. The first-order valence-corrected chi connectivity index (χ1v) is 10.2. The Labute approximate surface area is 184 Å². The lowest BCUT2D eigenvalue weighted by Gasteiger charge is -2.14. The Morgan fingerprint density at radius 1 is 0.906 bits per heavy atom. The molecule has 0 fully saturated rings. The first-order chi connectivity index (χ1) is 15.8. The van der Waals surface area contributed by atoms with E-state index in [-0.39, 0.29) is 5.91 Å². The van der Waals surface area contributed by atoms with Gasteiger partial charge in [-0.1, -0.05) is 42.5 Å². The average Bonchev–Trinajstić information content (AvgIpc) is 3.32. The highest BCUT2D eigenvalue weighted by atomic mass is 16.5. The minimum atomic E-state index is -0.240. The van der Waals surface area contributed by atoms with Gasteiger partial charge in [-0.2, -0.15) is 5.10 Å². The zero-order chi connectivity index (χ0) is 21.8. The fourth-order valence-corrected chi connectivity index (χ4v) is 3.50. The van der Waals surface area contributed by atoms with Crippen LogP contribution >= 0.6 is 0 Å². The number of hydrogen-bond acceptors (Lipinski definition) is 4. The molecule has 0 aliphatic heterocycles. The molecule has 0 atom stereocenters. The number of carbonyl (C=O) groups is 1. The number of ether oxygens (including phenoxy) is 1. The van der Waals surface area contributed by atoms with E-state index < -0.39 is 0 Å².